The van der Waals surface area contributed by atoms with Gasteiger partial charge in [-0.3, -0.25) is 4.79 Å². The van der Waals surface area contributed by atoms with E-state index in [-0.39, 0.29) is 11.6 Å². The van der Waals surface area contributed by atoms with Crippen molar-refractivity contribution in [2.75, 3.05) is 18.4 Å². The van der Waals surface area contributed by atoms with Gasteiger partial charge in [-0.15, -0.1) is 11.3 Å². The molecule has 0 bridgehead atoms. The van der Waals surface area contributed by atoms with Crippen LogP contribution in [0.25, 0.3) is 0 Å². The first-order valence-electron chi connectivity index (χ1n) is 5.32. The van der Waals surface area contributed by atoms with Gasteiger partial charge in [-0.2, -0.15) is 0 Å². The molecule has 1 amide bonds. The minimum atomic E-state index is -1.07. The Balaban J connectivity index is 2.33. The second-order valence-corrected chi connectivity index (χ2v) is 4.22. The maximum Gasteiger partial charge on any atom is 0.357 e. The average Bonchev–Trinajstić information content (AvgIpc) is 2.74. The topological polar surface area (TPSA) is 91.3 Å². The average molecular weight is 257 g/mol. The van der Waals surface area contributed by atoms with Crippen LogP contribution in [0.3, 0.4) is 0 Å². The molecule has 0 saturated heterocycles. The molecule has 1 aromatic rings. The van der Waals surface area contributed by atoms with Gasteiger partial charge in [-0.1, -0.05) is 6.92 Å². The number of aromatic carboxylic acids is 1. The molecule has 1 rings (SSSR count). The molecule has 0 atom stereocenters. The lowest BCUT2D eigenvalue weighted by atomic mass is 10.3. The summed E-state index contributed by atoms with van der Waals surface area (Å²) < 4.78 is 0. The Kier molecular flexibility index (Phi) is 5.41. The van der Waals surface area contributed by atoms with Crippen LogP contribution in [0, 0.1) is 0 Å². The summed E-state index contributed by atoms with van der Waals surface area (Å²) in [5.74, 6) is -1.11. The van der Waals surface area contributed by atoms with Gasteiger partial charge in [0.25, 0.3) is 0 Å². The molecule has 0 radical (unpaired) electrons. The lowest BCUT2D eigenvalue weighted by Crippen LogP contribution is -2.25. The van der Waals surface area contributed by atoms with Crippen molar-refractivity contribution in [3.63, 3.8) is 0 Å². The van der Waals surface area contributed by atoms with Crippen molar-refractivity contribution in [2.24, 2.45) is 0 Å². The first kappa shape index (κ1) is 13.4. The summed E-state index contributed by atoms with van der Waals surface area (Å²) in [4.78, 5) is 25.7. The molecule has 1 heterocycles. The van der Waals surface area contributed by atoms with Gasteiger partial charge >= 0.3 is 5.97 Å². The normalized spacial score (nSPS) is 9.94. The number of hydrogen-bond donors (Lipinski definition) is 3. The SMILES string of the molecule is CCCNC(=O)CCNc1scnc1C(=O)O. The van der Waals surface area contributed by atoms with Crippen LogP contribution in [0.2, 0.25) is 0 Å². The standard InChI is InChI=1S/C10H15N3O3S/c1-2-4-11-7(14)3-5-12-9-8(10(15)16)13-6-17-9/h6,12H,2-5H2,1H3,(H,11,14)(H,15,16). The molecule has 0 aliphatic carbocycles. The second-order valence-electron chi connectivity index (χ2n) is 3.36. The van der Waals surface area contributed by atoms with E-state index < -0.39 is 5.97 Å². The van der Waals surface area contributed by atoms with E-state index in [2.05, 4.69) is 15.6 Å². The van der Waals surface area contributed by atoms with Crippen LogP contribution in [0.5, 0.6) is 0 Å². The monoisotopic (exact) mass is 257 g/mol. The van der Waals surface area contributed by atoms with Crippen LogP contribution in [-0.2, 0) is 4.79 Å². The van der Waals surface area contributed by atoms with E-state index in [9.17, 15) is 9.59 Å². The van der Waals surface area contributed by atoms with Crippen LogP contribution in [0.4, 0.5) is 5.00 Å². The predicted octanol–water partition coefficient (Wildman–Crippen LogP) is 1.17. The minimum absolute atomic E-state index is 0.00367. The van der Waals surface area contributed by atoms with Crippen LogP contribution < -0.4 is 10.6 Å². The number of carbonyl (C=O) groups is 2. The molecule has 0 fully saturated rings. The fourth-order valence-corrected chi connectivity index (χ4v) is 1.87. The fourth-order valence-electron chi connectivity index (χ4n) is 1.17. The van der Waals surface area contributed by atoms with Crippen LogP contribution in [0.15, 0.2) is 5.51 Å². The maximum absolute atomic E-state index is 11.3. The van der Waals surface area contributed by atoms with Crippen molar-refractivity contribution >= 4 is 28.2 Å². The van der Waals surface area contributed by atoms with Gasteiger partial charge < -0.3 is 15.7 Å². The third kappa shape index (κ3) is 4.39. The highest BCUT2D eigenvalue weighted by atomic mass is 32.1. The fraction of sp³-hybridized carbons (Fsp3) is 0.500. The second kappa shape index (κ2) is 6.85. The Morgan fingerprint density at radius 3 is 2.88 bits per heavy atom. The highest BCUT2D eigenvalue weighted by molar-refractivity contribution is 7.14. The third-order valence-corrected chi connectivity index (χ3v) is 2.76. The molecule has 6 nitrogen and oxygen atoms in total. The summed E-state index contributed by atoms with van der Waals surface area (Å²) in [7, 11) is 0. The van der Waals surface area contributed by atoms with Crippen LogP contribution in [0.1, 0.15) is 30.3 Å². The molecule has 1 aromatic heterocycles. The zero-order valence-electron chi connectivity index (χ0n) is 9.52. The van der Waals surface area contributed by atoms with E-state index in [1.807, 2.05) is 6.92 Å². The number of carboxylic acids is 1. The number of aromatic nitrogens is 1. The van der Waals surface area contributed by atoms with Gasteiger partial charge in [0.05, 0.1) is 5.51 Å². The van der Waals surface area contributed by atoms with E-state index in [0.29, 0.717) is 24.5 Å². The number of hydrogen-bond acceptors (Lipinski definition) is 5. The van der Waals surface area contributed by atoms with Crippen molar-refractivity contribution in [2.45, 2.75) is 19.8 Å². The van der Waals surface area contributed by atoms with E-state index in [1.54, 1.807) is 0 Å². The Morgan fingerprint density at radius 1 is 1.47 bits per heavy atom. The molecule has 7 heteroatoms. The number of nitrogens with zero attached hydrogens (tertiary/aromatic N) is 1. The molecular weight excluding hydrogens is 242 g/mol. The molecule has 0 aromatic carbocycles. The number of carboxylic acid groups (broad SMARTS) is 1. The summed E-state index contributed by atoms with van der Waals surface area (Å²) in [5, 5.41) is 14.9. The Morgan fingerprint density at radius 2 is 2.24 bits per heavy atom. The largest absolute Gasteiger partial charge is 0.476 e. The van der Waals surface area contributed by atoms with Crippen LogP contribution in [-0.4, -0.2) is 35.1 Å². The van der Waals surface area contributed by atoms with E-state index in [0.717, 1.165) is 6.42 Å². The number of carbonyl (C=O) groups excluding carboxylic acids is 1. The summed E-state index contributed by atoms with van der Waals surface area (Å²) >= 11 is 1.21. The van der Waals surface area contributed by atoms with E-state index in [4.69, 9.17) is 5.11 Å². The summed E-state index contributed by atoms with van der Waals surface area (Å²) in [6.07, 6.45) is 1.22. The highest BCUT2D eigenvalue weighted by Gasteiger charge is 2.13. The van der Waals surface area contributed by atoms with Crippen molar-refractivity contribution in [1.82, 2.24) is 10.3 Å². The highest BCUT2D eigenvalue weighted by Crippen LogP contribution is 2.19. The first-order valence-corrected chi connectivity index (χ1v) is 6.20. The van der Waals surface area contributed by atoms with Gasteiger partial charge in [0.2, 0.25) is 5.91 Å². The first-order chi connectivity index (χ1) is 8.15. The van der Waals surface area contributed by atoms with Crippen molar-refractivity contribution < 1.29 is 14.7 Å². The molecule has 3 N–H and O–H groups in total. The number of nitrogens with one attached hydrogen (secondary N) is 2. The lowest BCUT2D eigenvalue weighted by molar-refractivity contribution is -0.120. The van der Waals surface area contributed by atoms with E-state index in [1.165, 1.54) is 16.8 Å². The molecule has 0 spiro atoms. The van der Waals surface area contributed by atoms with Crippen molar-refractivity contribution in [1.29, 1.82) is 0 Å². The van der Waals surface area contributed by atoms with Gasteiger partial charge in [0.1, 0.15) is 5.00 Å². The summed E-state index contributed by atoms with van der Waals surface area (Å²) in [6.45, 7) is 3.05. The number of rotatable bonds is 7. The number of thiazole rings is 1. The quantitative estimate of drug-likeness (QED) is 0.682. The van der Waals surface area contributed by atoms with E-state index >= 15 is 0 Å². The Labute approximate surface area is 103 Å². The minimum Gasteiger partial charge on any atom is -0.476 e. The van der Waals surface area contributed by atoms with Gasteiger partial charge in [-0.25, -0.2) is 9.78 Å². The Bertz CT molecular complexity index is 392. The van der Waals surface area contributed by atoms with Crippen LogP contribution >= 0.6 is 11.3 Å². The van der Waals surface area contributed by atoms with Crippen molar-refractivity contribution in [3.8, 4) is 0 Å². The molecule has 0 aliphatic heterocycles. The number of amides is 1. The molecular formula is C10H15N3O3S. The summed E-state index contributed by atoms with van der Waals surface area (Å²) in [5.41, 5.74) is 1.46. The molecule has 17 heavy (non-hydrogen) atoms. The van der Waals surface area contributed by atoms with Gasteiger partial charge in [-0.05, 0) is 6.42 Å². The predicted molar refractivity (Wildman–Crippen MR) is 65.5 cm³/mol. The molecule has 0 saturated carbocycles. The maximum atomic E-state index is 11.3. The smallest absolute Gasteiger partial charge is 0.357 e. The zero-order chi connectivity index (χ0) is 12.7. The summed E-state index contributed by atoms with van der Waals surface area (Å²) in [6, 6.07) is 0. The third-order valence-electron chi connectivity index (χ3n) is 1.98. The zero-order valence-corrected chi connectivity index (χ0v) is 10.3. The molecule has 94 valence electrons. The number of anilines is 1. The van der Waals surface area contributed by atoms with Crippen molar-refractivity contribution in [3.05, 3.63) is 11.2 Å². The Hall–Kier alpha value is -1.63. The molecule has 0 aliphatic rings. The van der Waals surface area contributed by atoms with Gasteiger partial charge in [0.15, 0.2) is 5.69 Å². The molecule has 0 unspecified atom stereocenters. The lowest BCUT2D eigenvalue weighted by Gasteiger charge is -2.05. The van der Waals surface area contributed by atoms with Gasteiger partial charge in [0, 0.05) is 19.5 Å².